The van der Waals surface area contributed by atoms with Crippen LogP contribution in [0.4, 0.5) is 0 Å². The predicted molar refractivity (Wildman–Crippen MR) is 60.5 cm³/mol. The SMILES string of the molecule is CC1(C)NCC[C@]12C(=O)Oc1ccccc12. The van der Waals surface area contributed by atoms with Crippen molar-refractivity contribution in [2.75, 3.05) is 6.54 Å². The van der Waals surface area contributed by atoms with Gasteiger partial charge in [0.05, 0.1) is 0 Å². The van der Waals surface area contributed by atoms with E-state index in [2.05, 4.69) is 19.2 Å². The third-order valence-corrected chi connectivity index (χ3v) is 4.03. The van der Waals surface area contributed by atoms with Crippen LogP contribution in [0.5, 0.6) is 5.75 Å². The number of rotatable bonds is 0. The molecule has 1 aromatic rings. The number of para-hydroxylation sites is 1. The molecule has 1 fully saturated rings. The monoisotopic (exact) mass is 217 g/mol. The molecule has 3 nitrogen and oxygen atoms in total. The van der Waals surface area contributed by atoms with E-state index in [1.54, 1.807) is 0 Å². The number of esters is 1. The predicted octanol–water partition coefficient (Wildman–Crippen LogP) is 1.62. The highest BCUT2D eigenvalue weighted by Crippen LogP contribution is 2.50. The molecular formula is C13H15NO2. The number of ether oxygens (including phenoxy) is 1. The summed E-state index contributed by atoms with van der Waals surface area (Å²) in [7, 11) is 0. The number of fused-ring (bicyclic) bond motifs is 2. The van der Waals surface area contributed by atoms with Crippen LogP contribution in [0.25, 0.3) is 0 Å². The standard InChI is InChI=1S/C13H15NO2/c1-12(2)13(7-8-14-12)9-5-3-4-6-10(9)16-11(13)15/h3-6,14H,7-8H2,1-2H3/t13-/m0/s1. The summed E-state index contributed by atoms with van der Waals surface area (Å²) in [4.78, 5) is 12.2. The Kier molecular flexibility index (Phi) is 1.76. The number of benzene rings is 1. The van der Waals surface area contributed by atoms with Crippen molar-refractivity contribution in [3.63, 3.8) is 0 Å². The Morgan fingerprint density at radius 1 is 1.31 bits per heavy atom. The highest BCUT2D eigenvalue weighted by atomic mass is 16.5. The highest BCUT2D eigenvalue weighted by Gasteiger charge is 2.60. The fourth-order valence-corrected chi connectivity index (χ4v) is 3.06. The molecule has 3 rings (SSSR count). The van der Waals surface area contributed by atoms with E-state index < -0.39 is 5.41 Å². The van der Waals surface area contributed by atoms with E-state index in [9.17, 15) is 4.79 Å². The van der Waals surface area contributed by atoms with Crippen LogP contribution >= 0.6 is 0 Å². The summed E-state index contributed by atoms with van der Waals surface area (Å²) in [6, 6.07) is 7.75. The second-order valence-corrected chi connectivity index (χ2v) is 5.09. The van der Waals surface area contributed by atoms with Gasteiger partial charge >= 0.3 is 5.97 Å². The fraction of sp³-hybridized carbons (Fsp3) is 0.462. The Bertz CT molecular complexity index is 467. The Morgan fingerprint density at radius 2 is 2.06 bits per heavy atom. The van der Waals surface area contributed by atoms with Gasteiger partial charge in [0.2, 0.25) is 0 Å². The third kappa shape index (κ3) is 0.944. The number of hydrogen-bond acceptors (Lipinski definition) is 3. The molecule has 1 atom stereocenters. The summed E-state index contributed by atoms with van der Waals surface area (Å²) >= 11 is 0. The van der Waals surface area contributed by atoms with Gasteiger partial charge in [0.15, 0.2) is 0 Å². The summed E-state index contributed by atoms with van der Waals surface area (Å²) < 4.78 is 5.40. The highest BCUT2D eigenvalue weighted by molar-refractivity contribution is 5.92. The first kappa shape index (κ1) is 9.85. The second-order valence-electron chi connectivity index (χ2n) is 5.09. The van der Waals surface area contributed by atoms with Gasteiger partial charge < -0.3 is 10.1 Å². The summed E-state index contributed by atoms with van der Waals surface area (Å²) in [5, 5.41) is 3.40. The van der Waals surface area contributed by atoms with Gasteiger partial charge in [0, 0.05) is 11.1 Å². The minimum absolute atomic E-state index is 0.108. The van der Waals surface area contributed by atoms with Crippen molar-refractivity contribution in [3.05, 3.63) is 29.8 Å². The maximum Gasteiger partial charge on any atom is 0.324 e. The lowest BCUT2D eigenvalue weighted by Gasteiger charge is -2.34. The first-order valence-electron chi connectivity index (χ1n) is 5.65. The minimum Gasteiger partial charge on any atom is -0.425 e. The van der Waals surface area contributed by atoms with Crippen molar-refractivity contribution in [1.82, 2.24) is 5.32 Å². The van der Waals surface area contributed by atoms with Gasteiger partial charge in [-0.1, -0.05) is 18.2 Å². The van der Waals surface area contributed by atoms with E-state index in [1.165, 1.54) is 0 Å². The largest absolute Gasteiger partial charge is 0.425 e. The van der Waals surface area contributed by atoms with Gasteiger partial charge in [-0.05, 0) is 32.9 Å². The summed E-state index contributed by atoms with van der Waals surface area (Å²) in [6.07, 6.45) is 0.815. The molecule has 2 heterocycles. The van der Waals surface area contributed by atoms with Gasteiger partial charge in [-0.15, -0.1) is 0 Å². The molecule has 3 heteroatoms. The average molecular weight is 217 g/mol. The van der Waals surface area contributed by atoms with Crippen LogP contribution in [0.1, 0.15) is 25.8 Å². The van der Waals surface area contributed by atoms with Crippen molar-refractivity contribution in [1.29, 1.82) is 0 Å². The molecule has 0 aliphatic carbocycles. The van der Waals surface area contributed by atoms with E-state index >= 15 is 0 Å². The van der Waals surface area contributed by atoms with Gasteiger partial charge in [-0.2, -0.15) is 0 Å². The first-order valence-corrected chi connectivity index (χ1v) is 5.65. The zero-order chi connectivity index (χ0) is 11.4. The Hall–Kier alpha value is -1.35. The van der Waals surface area contributed by atoms with Crippen molar-refractivity contribution in [3.8, 4) is 5.75 Å². The maximum atomic E-state index is 12.2. The first-order chi connectivity index (χ1) is 7.58. The molecule has 0 unspecified atom stereocenters. The average Bonchev–Trinajstić information content (AvgIpc) is 2.69. The normalized spacial score (nSPS) is 30.5. The quantitative estimate of drug-likeness (QED) is 0.530. The fourth-order valence-electron chi connectivity index (χ4n) is 3.06. The van der Waals surface area contributed by atoms with Crippen LogP contribution in [-0.2, 0) is 10.2 Å². The molecule has 84 valence electrons. The van der Waals surface area contributed by atoms with E-state index in [0.717, 1.165) is 24.3 Å². The molecule has 1 N–H and O–H groups in total. The van der Waals surface area contributed by atoms with Gasteiger partial charge in [0.1, 0.15) is 11.2 Å². The van der Waals surface area contributed by atoms with Crippen molar-refractivity contribution in [2.45, 2.75) is 31.2 Å². The molecule has 0 aromatic heterocycles. The van der Waals surface area contributed by atoms with Crippen LogP contribution in [0.2, 0.25) is 0 Å². The summed E-state index contributed by atoms with van der Waals surface area (Å²) in [5.41, 5.74) is 0.301. The zero-order valence-corrected chi connectivity index (χ0v) is 9.54. The van der Waals surface area contributed by atoms with Crippen LogP contribution in [0, 0.1) is 0 Å². The molecule has 1 spiro atoms. The second kappa shape index (κ2) is 2.86. The van der Waals surface area contributed by atoms with E-state index in [0.29, 0.717) is 0 Å². The Balaban J connectivity index is 2.25. The molecule has 2 aliphatic heterocycles. The summed E-state index contributed by atoms with van der Waals surface area (Å²) in [6.45, 7) is 5.00. The lowest BCUT2D eigenvalue weighted by Crippen LogP contribution is -2.53. The molecule has 0 bridgehead atoms. The van der Waals surface area contributed by atoms with E-state index in [-0.39, 0.29) is 11.5 Å². The lowest BCUT2D eigenvalue weighted by atomic mass is 9.68. The maximum absolute atomic E-state index is 12.2. The molecule has 1 aromatic carbocycles. The molecule has 0 radical (unpaired) electrons. The van der Waals surface area contributed by atoms with Gasteiger partial charge in [-0.3, -0.25) is 4.79 Å². The number of carbonyl (C=O) groups excluding carboxylic acids is 1. The molecule has 0 amide bonds. The number of hydrogen-bond donors (Lipinski definition) is 1. The number of nitrogens with one attached hydrogen (secondary N) is 1. The van der Waals surface area contributed by atoms with Crippen LogP contribution in [0.3, 0.4) is 0 Å². The van der Waals surface area contributed by atoms with Crippen molar-refractivity contribution >= 4 is 5.97 Å². The van der Waals surface area contributed by atoms with Crippen LogP contribution in [0.15, 0.2) is 24.3 Å². The molecule has 0 saturated carbocycles. The molecule has 1 saturated heterocycles. The van der Waals surface area contributed by atoms with Crippen molar-refractivity contribution in [2.24, 2.45) is 0 Å². The third-order valence-electron chi connectivity index (χ3n) is 4.03. The Morgan fingerprint density at radius 3 is 2.75 bits per heavy atom. The minimum atomic E-state index is -0.496. The number of carbonyl (C=O) groups is 1. The van der Waals surface area contributed by atoms with Crippen molar-refractivity contribution < 1.29 is 9.53 Å². The van der Waals surface area contributed by atoms with Gasteiger partial charge in [0.25, 0.3) is 0 Å². The lowest BCUT2D eigenvalue weighted by molar-refractivity contribution is -0.139. The topological polar surface area (TPSA) is 38.3 Å². The van der Waals surface area contributed by atoms with Crippen LogP contribution < -0.4 is 10.1 Å². The van der Waals surface area contributed by atoms with Gasteiger partial charge in [-0.25, -0.2) is 0 Å². The summed E-state index contributed by atoms with van der Waals surface area (Å²) in [5.74, 6) is 0.618. The smallest absolute Gasteiger partial charge is 0.324 e. The van der Waals surface area contributed by atoms with Crippen LogP contribution in [-0.4, -0.2) is 18.1 Å². The molecule has 2 aliphatic rings. The van der Waals surface area contributed by atoms with E-state index in [1.807, 2.05) is 24.3 Å². The zero-order valence-electron chi connectivity index (χ0n) is 9.54. The molecular weight excluding hydrogens is 202 g/mol. The molecule has 16 heavy (non-hydrogen) atoms. The van der Waals surface area contributed by atoms with E-state index in [4.69, 9.17) is 4.74 Å². The Labute approximate surface area is 94.8 Å².